The average molecular weight is 242 g/mol. The fraction of sp³-hybridized carbons (Fsp3) is 0.417. The second-order valence-corrected chi connectivity index (χ2v) is 4.46. The third-order valence-corrected chi connectivity index (χ3v) is 2.59. The van der Waals surface area contributed by atoms with Gasteiger partial charge in [-0.1, -0.05) is 6.07 Å². The first kappa shape index (κ1) is 13.3. The van der Waals surface area contributed by atoms with Crippen LogP contribution in [-0.2, 0) is 11.2 Å². The molecule has 0 atom stereocenters. The molecule has 2 N–H and O–H groups in total. The second kappa shape index (κ2) is 4.61. The van der Waals surface area contributed by atoms with Crippen LogP contribution in [0.4, 0.5) is 4.39 Å². The van der Waals surface area contributed by atoms with Gasteiger partial charge in [-0.2, -0.15) is 0 Å². The molecular formula is C12H15FO4. The summed E-state index contributed by atoms with van der Waals surface area (Å²) in [6, 6.07) is 2.82. The molecule has 1 aromatic carbocycles. The van der Waals surface area contributed by atoms with Crippen LogP contribution >= 0.6 is 0 Å². The molecule has 0 aliphatic rings. The van der Waals surface area contributed by atoms with Crippen molar-refractivity contribution in [2.75, 3.05) is 7.11 Å². The molecule has 0 fully saturated rings. The number of carboxylic acids is 1. The van der Waals surface area contributed by atoms with E-state index in [0.29, 0.717) is 0 Å². The highest BCUT2D eigenvalue weighted by Crippen LogP contribution is 2.33. The molecule has 0 saturated heterocycles. The van der Waals surface area contributed by atoms with Crippen molar-refractivity contribution >= 4 is 5.97 Å². The van der Waals surface area contributed by atoms with Crippen LogP contribution in [0.5, 0.6) is 11.5 Å². The highest BCUT2D eigenvalue weighted by molar-refractivity contribution is 5.74. The lowest BCUT2D eigenvalue weighted by Gasteiger charge is -2.19. The number of benzene rings is 1. The number of phenols is 1. The quantitative estimate of drug-likeness (QED) is 0.849. The van der Waals surface area contributed by atoms with Crippen molar-refractivity contribution in [3.05, 3.63) is 23.5 Å². The van der Waals surface area contributed by atoms with E-state index in [1.165, 1.54) is 33.1 Å². The largest absolute Gasteiger partial charge is 0.502 e. The van der Waals surface area contributed by atoms with Gasteiger partial charge < -0.3 is 14.9 Å². The molecule has 0 aliphatic heterocycles. The van der Waals surface area contributed by atoms with E-state index in [0.717, 1.165) is 0 Å². The summed E-state index contributed by atoms with van der Waals surface area (Å²) in [5.74, 6) is -2.42. The number of hydrogen-bond donors (Lipinski definition) is 2. The predicted octanol–water partition coefficient (Wildman–Crippen LogP) is 2.19. The number of aliphatic carboxylic acids is 1. The van der Waals surface area contributed by atoms with E-state index in [1.54, 1.807) is 0 Å². The predicted molar refractivity (Wildman–Crippen MR) is 59.7 cm³/mol. The zero-order valence-corrected chi connectivity index (χ0v) is 9.95. The van der Waals surface area contributed by atoms with E-state index in [-0.39, 0.29) is 17.7 Å². The molecular weight excluding hydrogens is 227 g/mol. The number of carbonyl (C=O) groups is 1. The lowest BCUT2D eigenvalue weighted by atomic mass is 9.85. The van der Waals surface area contributed by atoms with E-state index in [2.05, 4.69) is 0 Å². The van der Waals surface area contributed by atoms with E-state index in [9.17, 15) is 14.3 Å². The lowest BCUT2D eigenvalue weighted by Crippen LogP contribution is -2.26. The van der Waals surface area contributed by atoms with Gasteiger partial charge in [0.1, 0.15) is 0 Å². The Morgan fingerprint density at radius 2 is 2.06 bits per heavy atom. The number of halogens is 1. The van der Waals surface area contributed by atoms with Gasteiger partial charge in [-0.05, 0) is 31.9 Å². The van der Waals surface area contributed by atoms with Gasteiger partial charge in [0.05, 0.1) is 12.5 Å². The highest BCUT2D eigenvalue weighted by atomic mass is 19.1. The zero-order valence-electron chi connectivity index (χ0n) is 9.95. The van der Waals surface area contributed by atoms with Crippen LogP contribution < -0.4 is 4.74 Å². The summed E-state index contributed by atoms with van der Waals surface area (Å²) in [6.45, 7) is 2.99. The van der Waals surface area contributed by atoms with Crippen LogP contribution in [0.2, 0.25) is 0 Å². The van der Waals surface area contributed by atoms with Gasteiger partial charge in [0.2, 0.25) is 0 Å². The van der Waals surface area contributed by atoms with Crippen LogP contribution in [-0.4, -0.2) is 23.3 Å². The van der Waals surface area contributed by atoms with Gasteiger partial charge in [-0.25, -0.2) is 4.39 Å². The van der Waals surface area contributed by atoms with Crippen molar-refractivity contribution in [1.82, 2.24) is 0 Å². The Labute approximate surface area is 98.7 Å². The number of phenolic OH excluding ortho intramolecular Hbond substituents is 1. The number of aromatic hydroxyl groups is 1. The van der Waals surface area contributed by atoms with Crippen LogP contribution in [0.3, 0.4) is 0 Å². The molecule has 0 aromatic heterocycles. The van der Waals surface area contributed by atoms with E-state index in [4.69, 9.17) is 9.84 Å². The number of rotatable bonds is 4. The van der Waals surface area contributed by atoms with Crippen molar-refractivity contribution < 1.29 is 24.1 Å². The van der Waals surface area contributed by atoms with Crippen LogP contribution in [0.15, 0.2) is 12.1 Å². The first-order chi connectivity index (χ1) is 7.79. The maximum absolute atomic E-state index is 13.7. The van der Waals surface area contributed by atoms with E-state index >= 15 is 0 Å². The molecule has 0 heterocycles. The summed E-state index contributed by atoms with van der Waals surface area (Å²) in [5, 5.41) is 18.4. The third-order valence-electron chi connectivity index (χ3n) is 2.59. The summed E-state index contributed by atoms with van der Waals surface area (Å²) in [5.41, 5.74) is -0.947. The SMILES string of the molecule is COc1ccc(CC(C)(C)C(=O)O)c(F)c1O. The van der Waals surface area contributed by atoms with Gasteiger partial charge in [0, 0.05) is 0 Å². The molecule has 1 rings (SSSR count). The maximum atomic E-state index is 13.7. The van der Waals surface area contributed by atoms with Crippen LogP contribution in [0, 0.1) is 11.2 Å². The first-order valence-electron chi connectivity index (χ1n) is 5.07. The normalized spacial score (nSPS) is 11.3. The van der Waals surface area contributed by atoms with Crippen molar-refractivity contribution in [1.29, 1.82) is 0 Å². The van der Waals surface area contributed by atoms with Crippen molar-refractivity contribution in [3.8, 4) is 11.5 Å². The Bertz CT molecular complexity index is 440. The van der Waals surface area contributed by atoms with Crippen molar-refractivity contribution in [2.24, 2.45) is 5.41 Å². The third kappa shape index (κ3) is 2.67. The smallest absolute Gasteiger partial charge is 0.309 e. The van der Waals surface area contributed by atoms with Crippen molar-refractivity contribution in [3.63, 3.8) is 0 Å². The molecule has 17 heavy (non-hydrogen) atoms. The average Bonchev–Trinajstić information content (AvgIpc) is 2.25. The minimum atomic E-state index is -1.10. The zero-order chi connectivity index (χ0) is 13.2. The molecule has 0 spiro atoms. The molecule has 0 unspecified atom stereocenters. The lowest BCUT2D eigenvalue weighted by molar-refractivity contribution is -0.146. The standard InChI is InChI=1S/C12H15FO4/c1-12(2,11(15)16)6-7-4-5-8(17-3)10(14)9(7)13/h4-5,14H,6H2,1-3H3,(H,15,16). The summed E-state index contributed by atoms with van der Waals surface area (Å²) >= 11 is 0. The fourth-order valence-corrected chi connectivity index (χ4v) is 1.44. The molecule has 0 bridgehead atoms. The number of carboxylic acid groups (broad SMARTS) is 1. The number of ether oxygens (including phenoxy) is 1. The van der Waals surface area contributed by atoms with Crippen molar-refractivity contribution in [2.45, 2.75) is 20.3 Å². The first-order valence-corrected chi connectivity index (χ1v) is 5.07. The minimum absolute atomic E-state index is 0.00821. The molecule has 4 nitrogen and oxygen atoms in total. The molecule has 0 radical (unpaired) electrons. The van der Waals surface area contributed by atoms with Gasteiger partial charge in [-0.3, -0.25) is 4.79 Å². The molecule has 0 amide bonds. The Morgan fingerprint density at radius 1 is 1.47 bits per heavy atom. The van der Waals surface area contributed by atoms with Crippen LogP contribution in [0.25, 0.3) is 0 Å². The molecule has 0 aliphatic carbocycles. The summed E-state index contributed by atoms with van der Waals surface area (Å²) < 4.78 is 18.5. The topological polar surface area (TPSA) is 66.8 Å². The molecule has 1 aromatic rings. The molecule has 94 valence electrons. The van der Waals surface area contributed by atoms with Crippen LogP contribution in [0.1, 0.15) is 19.4 Å². The molecule has 5 heteroatoms. The summed E-state index contributed by atoms with van der Waals surface area (Å²) in [4.78, 5) is 10.9. The summed E-state index contributed by atoms with van der Waals surface area (Å²) in [7, 11) is 1.31. The maximum Gasteiger partial charge on any atom is 0.309 e. The van der Waals surface area contributed by atoms with Gasteiger partial charge in [-0.15, -0.1) is 0 Å². The van der Waals surface area contributed by atoms with Gasteiger partial charge >= 0.3 is 5.97 Å². The Balaban J connectivity index is 3.09. The number of methoxy groups -OCH3 is 1. The fourth-order valence-electron chi connectivity index (χ4n) is 1.44. The van der Waals surface area contributed by atoms with Gasteiger partial charge in [0.25, 0.3) is 0 Å². The van der Waals surface area contributed by atoms with E-state index in [1.807, 2.05) is 0 Å². The summed E-state index contributed by atoms with van der Waals surface area (Å²) in [6.07, 6.45) is -0.00821. The number of hydrogen-bond acceptors (Lipinski definition) is 3. The van der Waals surface area contributed by atoms with E-state index < -0.39 is 23.0 Å². The second-order valence-electron chi connectivity index (χ2n) is 4.46. The highest BCUT2D eigenvalue weighted by Gasteiger charge is 2.29. The monoisotopic (exact) mass is 242 g/mol. The Hall–Kier alpha value is -1.78. The van der Waals surface area contributed by atoms with Gasteiger partial charge in [0.15, 0.2) is 17.3 Å². The Kier molecular flexibility index (Phi) is 3.60. The minimum Gasteiger partial charge on any atom is -0.502 e. The Morgan fingerprint density at radius 3 is 2.53 bits per heavy atom. The molecule has 0 saturated carbocycles.